The Hall–Kier alpha value is -3.34. The first-order valence-electron chi connectivity index (χ1n) is 7.83. The molecular weight excluding hydrogens is 316 g/mol. The van der Waals surface area contributed by atoms with Gasteiger partial charge < -0.3 is 9.84 Å². The van der Waals surface area contributed by atoms with Crippen molar-refractivity contribution in [1.29, 1.82) is 0 Å². The van der Waals surface area contributed by atoms with Crippen molar-refractivity contribution in [1.82, 2.24) is 5.43 Å². The summed E-state index contributed by atoms with van der Waals surface area (Å²) in [6.45, 7) is 0. The van der Waals surface area contributed by atoms with Crippen LogP contribution in [0.25, 0.3) is 10.8 Å². The molecule has 25 heavy (non-hydrogen) atoms. The van der Waals surface area contributed by atoms with Gasteiger partial charge in [0.05, 0.1) is 19.7 Å². The average molecular weight is 334 g/mol. The molecule has 126 valence electrons. The van der Waals surface area contributed by atoms with Crippen LogP contribution in [0.1, 0.15) is 11.1 Å². The fraction of sp³-hybridized carbons (Fsp3) is 0.100. The molecular formula is C20H18N2O3. The number of rotatable bonds is 5. The molecule has 0 aromatic heterocycles. The van der Waals surface area contributed by atoms with Gasteiger partial charge in [0.15, 0.2) is 0 Å². The van der Waals surface area contributed by atoms with E-state index in [1.165, 1.54) is 0 Å². The summed E-state index contributed by atoms with van der Waals surface area (Å²) in [5.41, 5.74) is 4.03. The Kier molecular flexibility index (Phi) is 4.95. The van der Waals surface area contributed by atoms with E-state index in [1.54, 1.807) is 37.6 Å². The minimum absolute atomic E-state index is 0.134. The first-order chi connectivity index (χ1) is 12.2. The quantitative estimate of drug-likeness (QED) is 0.556. The number of hydrazone groups is 1. The van der Waals surface area contributed by atoms with Crippen LogP contribution in [0.5, 0.6) is 11.5 Å². The topological polar surface area (TPSA) is 70.9 Å². The zero-order chi connectivity index (χ0) is 17.6. The van der Waals surface area contributed by atoms with E-state index >= 15 is 0 Å². The van der Waals surface area contributed by atoms with E-state index in [4.69, 9.17) is 4.74 Å². The highest BCUT2D eigenvalue weighted by Gasteiger charge is 2.07. The Balaban J connectivity index is 1.76. The van der Waals surface area contributed by atoms with E-state index in [0.29, 0.717) is 5.75 Å². The Labute approximate surface area is 145 Å². The van der Waals surface area contributed by atoms with Crippen molar-refractivity contribution in [2.75, 3.05) is 7.11 Å². The van der Waals surface area contributed by atoms with Crippen LogP contribution in [0.2, 0.25) is 0 Å². The van der Waals surface area contributed by atoms with E-state index in [1.807, 2.05) is 36.4 Å². The van der Waals surface area contributed by atoms with Crippen molar-refractivity contribution in [2.24, 2.45) is 5.10 Å². The number of hydrogen-bond acceptors (Lipinski definition) is 4. The number of amides is 1. The molecule has 2 N–H and O–H groups in total. The van der Waals surface area contributed by atoms with Gasteiger partial charge in [-0.2, -0.15) is 5.10 Å². The monoisotopic (exact) mass is 334 g/mol. The number of nitrogens with zero attached hydrogens (tertiary/aromatic N) is 1. The van der Waals surface area contributed by atoms with Crippen molar-refractivity contribution in [2.45, 2.75) is 6.42 Å². The number of nitrogens with one attached hydrogen (secondary N) is 1. The standard InChI is InChI=1S/C20H18N2O3/c1-25-19-10-9-15-6-2-3-8-17(15)18(19)13-21-22-20(24)12-14-5-4-7-16(23)11-14/h2-11,13,23H,12H2,1H3,(H,22,24)/b21-13+. The number of aromatic hydroxyl groups is 1. The minimum Gasteiger partial charge on any atom is -0.508 e. The first kappa shape index (κ1) is 16.5. The molecule has 0 heterocycles. The van der Waals surface area contributed by atoms with E-state index in [2.05, 4.69) is 10.5 Å². The van der Waals surface area contributed by atoms with Crippen molar-refractivity contribution in [3.63, 3.8) is 0 Å². The van der Waals surface area contributed by atoms with Gasteiger partial charge in [-0.1, -0.05) is 42.5 Å². The Morgan fingerprint density at radius 2 is 2.00 bits per heavy atom. The predicted octanol–water partition coefficient (Wildman–Crippen LogP) is 3.25. The van der Waals surface area contributed by atoms with Gasteiger partial charge in [0, 0.05) is 5.56 Å². The lowest BCUT2D eigenvalue weighted by Gasteiger charge is -2.08. The fourth-order valence-corrected chi connectivity index (χ4v) is 2.65. The lowest BCUT2D eigenvalue weighted by molar-refractivity contribution is -0.120. The third kappa shape index (κ3) is 3.95. The maximum atomic E-state index is 12.0. The maximum absolute atomic E-state index is 12.0. The van der Waals surface area contributed by atoms with E-state index in [9.17, 15) is 9.90 Å². The van der Waals surface area contributed by atoms with E-state index in [-0.39, 0.29) is 18.1 Å². The number of fused-ring (bicyclic) bond motifs is 1. The van der Waals surface area contributed by atoms with E-state index < -0.39 is 0 Å². The van der Waals surface area contributed by atoms with Gasteiger partial charge in [-0.05, 0) is 34.5 Å². The molecule has 1 amide bonds. The lowest BCUT2D eigenvalue weighted by atomic mass is 10.0. The zero-order valence-corrected chi connectivity index (χ0v) is 13.8. The molecule has 3 aromatic carbocycles. The lowest BCUT2D eigenvalue weighted by Crippen LogP contribution is -2.19. The largest absolute Gasteiger partial charge is 0.508 e. The van der Waals surface area contributed by atoms with Gasteiger partial charge in [0.25, 0.3) is 0 Å². The minimum atomic E-state index is -0.263. The molecule has 0 atom stereocenters. The number of methoxy groups -OCH3 is 1. The van der Waals surface area contributed by atoms with Gasteiger partial charge in [-0.3, -0.25) is 4.79 Å². The molecule has 0 saturated carbocycles. The number of ether oxygens (including phenoxy) is 1. The molecule has 0 aliphatic rings. The molecule has 0 fully saturated rings. The molecule has 0 radical (unpaired) electrons. The van der Waals surface area contributed by atoms with Crippen LogP contribution in [0.3, 0.4) is 0 Å². The summed E-state index contributed by atoms with van der Waals surface area (Å²) in [7, 11) is 1.60. The number of carbonyl (C=O) groups is 1. The highest BCUT2D eigenvalue weighted by atomic mass is 16.5. The molecule has 0 aliphatic heterocycles. The van der Waals surface area contributed by atoms with Crippen molar-refractivity contribution in [3.05, 3.63) is 71.8 Å². The number of phenolic OH excluding ortho intramolecular Hbond substituents is 1. The van der Waals surface area contributed by atoms with Crippen molar-refractivity contribution in [3.8, 4) is 11.5 Å². The second-order valence-electron chi connectivity index (χ2n) is 5.54. The van der Waals surface area contributed by atoms with Crippen molar-refractivity contribution < 1.29 is 14.6 Å². The zero-order valence-electron chi connectivity index (χ0n) is 13.8. The molecule has 5 heteroatoms. The number of benzene rings is 3. The molecule has 5 nitrogen and oxygen atoms in total. The van der Waals surface area contributed by atoms with Crippen LogP contribution >= 0.6 is 0 Å². The molecule has 0 bridgehead atoms. The highest BCUT2D eigenvalue weighted by molar-refractivity contribution is 6.02. The van der Waals surface area contributed by atoms with Gasteiger partial charge in [0.1, 0.15) is 11.5 Å². The molecule has 0 spiro atoms. The Bertz CT molecular complexity index is 935. The maximum Gasteiger partial charge on any atom is 0.244 e. The van der Waals surface area contributed by atoms with Crippen LogP contribution in [0, 0.1) is 0 Å². The van der Waals surface area contributed by atoms with Gasteiger partial charge >= 0.3 is 0 Å². The van der Waals surface area contributed by atoms with Gasteiger partial charge in [-0.25, -0.2) is 5.43 Å². The second kappa shape index (κ2) is 7.49. The third-order valence-corrected chi connectivity index (χ3v) is 3.81. The summed E-state index contributed by atoms with van der Waals surface area (Å²) in [6, 6.07) is 18.3. The average Bonchev–Trinajstić information content (AvgIpc) is 2.61. The molecule has 0 saturated heterocycles. The van der Waals surface area contributed by atoms with Crippen molar-refractivity contribution >= 4 is 22.9 Å². The van der Waals surface area contributed by atoms with Crippen LogP contribution in [0.15, 0.2) is 65.8 Å². The van der Waals surface area contributed by atoms with Crippen LogP contribution in [-0.2, 0) is 11.2 Å². The van der Waals surface area contributed by atoms with Crippen LogP contribution < -0.4 is 10.2 Å². The first-order valence-corrected chi connectivity index (χ1v) is 7.83. The third-order valence-electron chi connectivity index (χ3n) is 3.81. The summed E-state index contributed by atoms with van der Waals surface area (Å²) in [5, 5.41) is 15.5. The van der Waals surface area contributed by atoms with Gasteiger partial charge in [-0.15, -0.1) is 0 Å². The van der Waals surface area contributed by atoms with Crippen LogP contribution in [0.4, 0.5) is 0 Å². The molecule has 3 aromatic rings. The van der Waals surface area contributed by atoms with Gasteiger partial charge in [0.2, 0.25) is 5.91 Å². The smallest absolute Gasteiger partial charge is 0.244 e. The van der Waals surface area contributed by atoms with Crippen LogP contribution in [-0.4, -0.2) is 24.3 Å². The summed E-state index contributed by atoms with van der Waals surface area (Å²) in [6.07, 6.45) is 1.72. The summed E-state index contributed by atoms with van der Waals surface area (Å²) >= 11 is 0. The number of hydrogen-bond donors (Lipinski definition) is 2. The Morgan fingerprint density at radius 1 is 1.16 bits per heavy atom. The molecule has 0 aliphatic carbocycles. The van der Waals surface area contributed by atoms with E-state index in [0.717, 1.165) is 21.9 Å². The Morgan fingerprint density at radius 3 is 2.80 bits per heavy atom. The molecule has 3 rings (SSSR count). The SMILES string of the molecule is COc1ccc2ccccc2c1/C=N/NC(=O)Cc1cccc(O)c1. The summed E-state index contributed by atoms with van der Waals surface area (Å²) in [5.74, 6) is 0.556. The number of phenols is 1. The fourth-order valence-electron chi connectivity index (χ4n) is 2.65. The highest BCUT2D eigenvalue weighted by Crippen LogP contribution is 2.26. The number of carbonyl (C=O) groups excluding carboxylic acids is 1. The normalized spacial score (nSPS) is 10.9. The molecule has 0 unspecified atom stereocenters. The second-order valence-corrected chi connectivity index (χ2v) is 5.54. The predicted molar refractivity (Wildman–Crippen MR) is 98.0 cm³/mol. The summed E-state index contributed by atoms with van der Waals surface area (Å²) < 4.78 is 5.39. The summed E-state index contributed by atoms with van der Waals surface area (Å²) in [4.78, 5) is 12.0.